The minimum absolute atomic E-state index is 0.688. The van der Waals surface area contributed by atoms with Crippen LogP contribution < -0.4 is 0 Å². The molecule has 4 atom stereocenters. The molecule has 0 bridgehead atoms. The Kier molecular flexibility index (Phi) is 5.86. The minimum atomic E-state index is 0.688. The largest absolute Gasteiger partial charge is 0.122 e. The summed E-state index contributed by atoms with van der Waals surface area (Å²) in [5.41, 5.74) is 0. The van der Waals surface area contributed by atoms with Crippen LogP contribution >= 0.6 is 63.7 Å². The third kappa shape index (κ3) is 4.48. The van der Waals surface area contributed by atoms with Gasteiger partial charge in [-0.2, -0.15) is 0 Å². The zero-order chi connectivity index (χ0) is 5.15. The molecule has 0 nitrogen and oxygen atoms in total. The van der Waals surface area contributed by atoms with Crippen LogP contribution in [0.2, 0.25) is 0 Å². The van der Waals surface area contributed by atoms with Gasteiger partial charge in [-0.15, -0.1) is 18.5 Å². The lowest BCUT2D eigenvalue weighted by Crippen LogP contribution is -1.92. The van der Waals surface area contributed by atoms with E-state index in [1.807, 2.05) is 0 Å². The Balaban J connectivity index is 2.99. The van der Waals surface area contributed by atoms with Gasteiger partial charge < -0.3 is 0 Å². The first kappa shape index (κ1) is 8.32. The number of halogens is 2. The van der Waals surface area contributed by atoms with Gasteiger partial charge in [0.25, 0.3) is 0 Å². The molecule has 0 spiro atoms. The fourth-order valence-electron chi connectivity index (χ4n) is 0. The normalized spacial score (nSPS) is 20.0. The summed E-state index contributed by atoms with van der Waals surface area (Å²) in [6, 6.07) is 0. The van der Waals surface area contributed by atoms with Crippen molar-refractivity contribution in [3.63, 3.8) is 0 Å². The van der Waals surface area contributed by atoms with E-state index in [1.54, 1.807) is 0 Å². The highest BCUT2D eigenvalue weighted by Gasteiger charge is 2.00. The SMILES string of the molecule is PC(I)[C@@H](P)I. The molecule has 38 valence electrons. The van der Waals surface area contributed by atoms with Gasteiger partial charge in [-0.05, 0) is 0 Å². The Morgan fingerprint density at radius 3 is 1.17 bits per heavy atom. The molecule has 0 saturated carbocycles. The molecule has 0 aliphatic rings. The maximum absolute atomic E-state index is 2.73. The molecule has 0 saturated heterocycles. The molecular formula is C2H6I2P2. The molecule has 0 aromatic heterocycles. The van der Waals surface area contributed by atoms with Crippen molar-refractivity contribution in [3.05, 3.63) is 0 Å². The van der Waals surface area contributed by atoms with Gasteiger partial charge in [0.1, 0.15) is 0 Å². The Morgan fingerprint density at radius 2 is 1.17 bits per heavy atom. The number of rotatable bonds is 1. The van der Waals surface area contributed by atoms with Crippen LogP contribution in [0.1, 0.15) is 0 Å². The standard InChI is InChI=1S/C2H6I2P2/c3-1(5)2(4)6/h1-2H,5-6H2/t1-,2?/m1/s1. The van der Waals surface area contributed by atoms with Crippen molar-refractivity contribution >= 4 is 63.7 Å². The van der Waals surface area contributed by atoms with Gasteiger partial charge in [-0.3, -0.25) is 0 Å². The monoisotopic (exact) mass is 346 g/mol. The number of hydrogen-bond donors (Lipinski definition) is 0. The van der Waals surface area contributed by atoms with E-state index in [9.17, 15) is 0 Å². The lowest BCUT2D eigenvalue weighted by molar-refractivity contribution is 1.47. The van der Waals surface area contributed by atoms with E-state index in [0.717, 1.165) is 0 Å². The zero-order valence-corrected chi connectivity index (χ0v) is 9.69. The summed E-state index contributed by atoms with van der Waals surface area (Å²) < 4.78 is 1.38. The van der Waals surface area contributed by atoms with Gasteiger partial charge in [-0.25, -0.2) is 0 Å². The summed E-state index contributed by atoms with van der Waals surface area (Å²) in [7, 11) is 5.46. The summed E-state index contributed by atoms with van der Waals surface area (Å²) in [6.45, 7) is 0. The summed E-state index contributed by atoms with van der Waals surface area (Å²) in [6.07, 6.45) is 0. The second kappa shape index (κ2) is 4.22. The average molecular weight is 346 g/mol. The van der Waals surface area contributed by atoms with E-state index in [0.29, 0.717) is 7.33 Å². The lowest BCUT2D eigenvalue weighted by Gasteiger charge is -2.01. The summed E-state index contributed by atoms with van der Waals surface area (Å²) in [5, 5.41) is 0. The van der Waals surface area contributed by atoms with Crippen LogP contribution in [0.3, 0.4) is 0 Å². The average Bonchev–Trinajstić information content (AvgIpc) is 1.36. The van der Waals surface area contributed by atoms with Crippen LogP contribution in [-0.4, -0.2) is 7.33 Å². The summed E-state index contributed by atoms with van der Waals surface area (Å²) in [5.74, 6) is 0. The Morgan fingerprint density at radius 1 is 1.00 bits per heavy atom. The van der Waals surface area contributed by atoms with Crippen molar-refractivity contribution in [2.24, 2.45) is 0 Å². The van der Waals surface area contributed by atoms with Crippen LogP contribution in [-0.2, 0) is 0 Å². The van der Waals surface area contributed by atoms with Crippen molar-refractivity contribution in [2.45, 2.75) is 7.33 Å². The second-order valence-electron chi connectivity index (χ2n) is 0.889. The number of alkyl halides is 2. The molecular weight excluding hydrogens is 340 g/mol. The first-order chi connectivity index (χ1) is 2.64. The van der Waals surface area contributed by atoms with E-state index >= 15 is 0 Å². The molecule has 0 aromatic rings. The lowest BCUT2D eigenvalue weighted by atomic mass is 11.0. The molecule has 0 aliphatic carbocycles. The fraction of sp³-hybridized carbons (Fsp3) is 1.00. The van der Waals surface area contributed by atoms with E-state index in [-0.39, 0.29) is 0 Å². The maximum Gasteiger partial charge on any atom is 0.0404 e. The van der Waals surface area contributed by atoms with Crippen molar-refractivity contribution in [3.8, 4) is 0 Å². The van der Waals surface area contributed by atoms with E-state index in [2.05, 4.69) is 63.7 Å². The van der Waals surface area contributed by atoms with Gasteiger partial charge >= 0.3 is 0 Å². The van der Waals surface area contributed by atoms with Crippen LogP contribution in [0.4, 0.5) is 0 Å². The van der Waals surface area contributed by atoms with Crippen molar-refractivity contribution in [1.29, 1.82) is 0 Å². The Labute approximate surface area is 70.3 Å². The smallest absolute Gasteiger partial charge is 0.0404 e. The molecule has 0 radical (unpaired) electrons. The molecule has 0 aliphatic heterocycles. The summed E-state index contributed by atoms with van der Waals surface area (Å²) >= 11 is 4.73. The van der Waals surface area contributed by atoms with Gasteiger partial charge in [0.05, 0.1) is 0 Å². The van der Waals surface area contributed by atoms with E-state index < -0.39 is 0 Å². The summed E-state index contributed by atoms with van der Waals surface area (Å²) in [4.78, 5) is 0. The van der Waals surface area contributed by atoms with Crippen LogP contribution in [0.25, 0.3) is 0 Å². The quantitative estimate of drug-likeness (QED) is 0.388. The third-order valence-corrected chi connectivity index (χ3v) is 6.07. The molecule has 6 heavy (non-hydrogen) atoms. The van der Waals surface area contributed by atoms with E-state index in [1.165, 1.54) is 0 Å². The van der Waals surface area contributed by atoms with Gasteiger partial charge in [0.2, 0.25) is 0 Å². The Bertz CT molecular complexity index is 30.5. The highest BCUT2D eigenvalue weighted by Crippen LogP contribution is 2.25. The topological polar surface area (TPSA) is 0 Å². The van der Waals surface area contributed by atoms with Gasteiger partial charge in [0.15, 0.2) is 0 Å². The third-order valence-electron chi connectivity index (χ3n) is 0.304. The maximum atomic E-state index is 2.73. The van der Waals surface area contributed by atoms with Crippen molar-refractivity contribution in [1.82, 2.24) is 0 Å². The minimum Gasteiger partial charge on any atom is -0.122 e. The second-order valence-corrected chi connectivity index (χ2v) is 7.92. The van der Waals surface area contributed by atoms with Crippen molar-refractivity contribution in [2.75, 3.05) is 0 Å². The Hall–Kier alpha value is 2.32. The zero-order valence-electron chi connectivity index (χ0n) is 3.07. The van der Waals surface area contributed by atoms with Crippen LogP contribution in [0.15, 0.2) is 0 Å². The molecule has 0 rings (SSSR count). The predicted octanol–water partition coefficient (Wildman–Crippen LogP) is 2.26. The van der Waals surface area contributed by atoms with Crippen LogP contribution in [0.5, 0.6) is 0 Å². The van der Waals surface area contributed by atoms with Crippen molar-refractivity contribution < 1.29 is 0 Å². The molecule has 0 amide bonds. The molecule has 0 fully saturated rings. The first-order valence-corrected chi connectivity index (χ1v) is 5.26. The molecule has 0 aromatic carbocycles. The van der Waals surface area contributed by atoms with E-state index in [4.69, 9.17) is 0 Å². The first-order valence-electron chi connectivity index (χ1n) is 1.44. The highest BCUT2D eigenvalue weighted by atomic mass is 127. The van der Waals surface area contributed by atoms with Gasteiger partial charge in [0, 0.05) is 7.33 Å². The molecule has 0 N–H and O–H groups in total. The molecule has 4 heteroatoms. The predicted molar refractivity (Wildman–Crippen MR) is 55.0 cm³/mol. The fourth-order valence-corrected chi connectivity index (χ4v) is 0. The highest BCUT2D eigenvalue weighted by molar-refractivity contribution is 14.1. The van der Waals surface area contributed by atoms with Crippen LogP contribution in [0, 0.1) is 0 Å². The van der Waals surface area contributed by atoms with Gasteiger partial charge in [-0.1, -0.05) is 45.2 Å². The molecule has 0 heterocycles. The number of hydrogen-bond acceptors (Lipinski definition) is 0. The molecule has 3 unspecified atom stereocenters.